The first-order chi connectivity index (χ1) is 12.0. The van der Waals surface area contributed by atoms with E-state index in [4.69, 9.17) is 4.74 Å². The van der Waals surface area contributed by atoms with Crippen LogP contribution in [0, 0.1) is 0 Å². The van der Waals surface area contributed by atoms with Gasteiger partial charge in [0.15, 0.2) is 0 Å². The number of nitrogens with zero attached hydrogens (tertiary/aromatic N) is 1. The number of methoxy groups -OCH3 is 1. The van der Waals surface area contributed by atoms with Gasteiger partial charge in [-0.1, -0.05) is 0 Å². The van der Waals surface area contributed by atoms with E-state index in [1.54, 1.807) is 6.07 Å². The molecule has 3 aliphatic rings. The van der Waals surface area contributed by atoms with Crippen LogP contribution in [0.5, 0.6) is 5.75 Å². The molecule has 1 fully saturated rings. The number of fused-ring (bicyclic) bond motifs is 2. The number of ether oxygens (including phenoxy) is 1. The summed E-state index contributed by atoms with van der Waals surface area (Å²) < 4.78 is 5.46. The molecule has 4 rings (SSSR count). The number of nitrogens with one attached hydrogen (secondary N) is 2. The van der Waals surface area contributed by atoms with E-state index in [0.717, 1.165) is 29.0 Å². The number of piperidine rings is 1. The summed E-state index contributed by atoms with van der Waals surface area (Å²) in [6.07, 6.45) is 0.972. The van der Waals surface area contributed by atoms with Gasteiger partial charge in [-0.3, -0.25) is 29.4 Å². The van der Waals surface area contributed by atoms with Gasteiger partial charge in [-0.2, -0.15) is 0 Å². The molecule has 1 unspecified atom stereocenters. The monoisotopic (exact) mass is 343 g/mol. The topological polar surface area (TPSA) is 105 Å². The lowest BCUT2D eigenvalue weighted by atomic mass is 9.94. The average molecular weight is 343 g/mol. The van der Waals surface area contributed by atoms with Crippen LogP contribution >= 0.6 is 0 Å². The number of benzene rings is 1. The minimum atomic E-state index is -0.968. The number of hydrogen-bond acceptors (Lipinski definition) is 6. The second-order valence-electron chi connectivity index (χ2n) is 6.34. The van der Waals surface area contributed by atoms with Crippen molar-refractivity contribution in [2.75, 3.05) is 13.7 Å². The molecular weight excluding hydrogens is 326 g/mol. The Morgan fingerprint density at radius 3 is 2.68 bits per heavy atom. The average Bonchev–Trinajstić information content (AvgIpc) is 2.84. The molecule has 1 saturated heterocycles. The fourth-order valence-corrected chi connectivity index (χ4v) is 3.77. The van der Waals surface area contributed by atoms with Gasteiger partial charge in [-0.05, 0) is 31.0 Å². The summed E-state index contributed by atoms with van der Waals surface area (Å²) in [4.78, 5) is 50.2. The smallest absolute Gasteiger partial charge is 0.266 e. The lowest BCUT2D eigenvalue weighted by Crippen LogP contribution is -2.54. The number of amides is 4. The molecule has 3 aliphatic heterocycles. The first kappa shape index (κ1) is 15.8. The van der Waals surface area contributed by atoms with Gasteiger partial charge < -0.3 is 10.1 Å². The van der Waals surface area contributed by atoms with Crippen LogP contribution in [-0.4, -0.2) is 48.2 Å². The molecule has 130 valence electrons. The van der Waals surface area contributed by atoms with Gasteiger partial charge in [0.25, 0.3) is 11.8 Å². The highest BCUT2D eigenvalue weighted by Crippen LogP contribution is 2.38. The van der Waals surface area contributed by atoms with Crippen molar-refractivity contribution in [3.63, 3.8) is 0 Å². The van der Waals surface area contributed by atoms with Crippen LogP contribution in [0.15, 0.2) is 6.07 Å². The van der Waals surface area contributed by atoms with Crippen molar-refractivity contribution in [1.29, 1.82) is 0 Å². The molecule has 0 aromatic heterocycles. The van der Waals surface area contributed by atoms with Gasteiger partial charge in [-0.25, -0.2) is 0 Å². The standard InChI is InChI=1S/C17H17N3O5/c1-25-14-10-7-18-5-4-8(10)6-9-13(14)17(24)20(16(9)23)11-2-3-12(21)19-15(11)22/h6,11,18H,2-5,7H2,1H3,(H,19,21,22). The molecule has 0 aliphatic carbocycles. The minimum absolute atomic E-state index is 0.0986. The van der Waals surface area contributed by atoms with Gasteiger partial charge in [0.05, 0.1) is 18.2 Å². The summed E-state index contributed by atoms with van der Waals surface area (Å²) in [5, 5.41) is 5.42. The van der Waals surface area contributed by atoms with Crippen LogP contribution in [0.1, 0.15) is 44.7 Å². The predicted octanol–water partition coefficient (Wildman–Crippen LogP) is -0.258. The predicted molar refractivity (Wildman–Crippen MR) is 85.1 cm³/mol. The van der Waals surface area contributed by atoms with E-state index in [2.05, 4.69) is 10.6 Å². The molecule has 3 heterocycles. The maximum atomic E-state index is 12.9. The Hall–Kier alpha value is -2.74. The molecule has 0 saturated carbocycles. The van der Waals surface area contributed by atoms with Crippen molar-refractivity contribution in [3.8, 4) is 5.75 Å². The maximum absolute atomic E-state index is 12.9. The summed E-state index contributed by atoms with van der Waals surface area (Å²) in [7, 11) is 1.47. The van der Waals surface area contributed by atoms with E-state index in [1.807, 2.05) is 0 Å². The van der Waals surface area contributed by atoms with E-state index in [1.165, 1.54) is 7.11 Å². The molecule has 0 spiro atoms. The quantitative estimate of drug-likeness (QED) is 0.717. The summed E-state index contributed by atoms with van der Waals surface area (Å²) in [6, 6.07) is 0.769. The molecule has 8 heteroatoms. The van der Waals surface area contributed by atoms with E-state index >= 15 is 0 Å². The molecule has 0 bridgehead atoms. The second kappa shape index (κ2) is 5.66. The SMILES string of the molecule is COc1c2c(cc3c1C(=O)N(C1CCC(=O)NC1=O)C3=O)CCNC2. The molecule has 25 heavy (non-hydrogen) atoms. The zero-order valence-corrected chi connectivity index (χ0v) is 13.7. The third kappa shape index (κ3) is 2.25. The van der Waals surface area contributed by atoms with E-state index < -0.39 is 29.7 Å². The molecule has 0 radical (unpaired) electrons. The zero-order valence-electron chi connectivity index (χ0n) is 13.7. The Bertz CT molecular complexity index is 832. The normalized spacial score (nSPS) is 22.6. The highest BCUT2D eigenvalue weighted by Gasteiger charge is 2.47. The summed E-state index contributed by atoms with van der Waals surface area (Å²) in [5.74, 6) is -1.66. The van der Waals surface area contributed by atoms with Crippen molar-refractivity contribution in [2.24, 2.45) is 0 Å². The Kier molecular flexibility index (Phi) is 3.57. The van der Waals surface area contributed by atoms with Gasteiger partial charge in [0.1, 0.15) is 11.8 Å². The van der Waals surface area contributed by atoms with E-state index in [9.17, 15) is 19.2 Å². The second-order valence-corrected chi connectivity index (χ2v) is 6.34. The van der Waals surface area contributed by atoms with Gasteiger partial charge >= 0.3 is 0 Å². The van der Waals surface area contributed by atoms with Crippen LogP contribution in [0.25, 0.3) is 0 Å². The Morgan fingerprint density at radius 2 is 1.96 bits per heavy atom. The minimum Gasteiger partial charge on any atom is -0.496 e. The van der Waals surface area contributed by atoms with Crippen molar-refractivity contribution < 1.29 is 23.9 Å². The third-order valence-electron chi connectivity index (χ3n) is 4.96. The number of rotatable bonds is 2. The number of carbonyl (C=O) groups is 4. The molecule has 1 aromatic rings. The first-order valence-corrected chi connectivity index (χ1v) is 8.18. The molecule has 1 atom stereocenters. The molecular formula is C17H17N3O5. The van der Waals surface area contributed by atoms with Crippen LogP contribution in [-0.2, 0) is 22.6 Å². The molecule has 4 amide bonds. The fraction of sp³-hybridized carbons (Fsp3) is 0.412. The van der Waals surface area contributed by atoms with Crippen molar-refractivity contribution in [1.82, 2.24) is 15.5 Å². The van der Waals surface area contributed by atoms with Crippen molar-refractivity contribution in [3.05, 3.63) is 28.3 Å². The molecule has 8 nitrogen and oxygen atoms in total. The van der Waals surface area contributed by atoms with Crippen LogP contribution in [0.4, 0.5) is 0 Å². The Morgan fingerprint density at radius 1 is 1.16 bits per heavy atom. The van der Waals surface area contributed by atoms with E-state index in [-0.39, 0.29) is 24.0 Å². The Balaban J connectivity index is 1.80. The number of imide groups is 2. The summed E-state index contributed by atoms with van der Waals surface area (Å²) in [5.41, 5.74) is 2.33. The van der Waals surface area contributed by atoms with Gasteiger partial charge in [0, 0.05) is 18.5 Å². The highest BCUT2D eigenvalue weighted by molar-refractivity contribution is 6.24. The van der Waals surface area contributed by atoms with Crippen LogP contribution < -0.4 is 15.4 Å². The van der Waals surface area contributed by atoms with Crippen molar-refractivity contribution in [2.45, 2.75) is 31.8 Å². The van der Waals surface area contributed by atoms with Gasteiger partial charge in [0.2, 0.25) is 11.8 Å². The summed E-state index contributed by atoms with van der Waals surface area (Å²) >= 11 is 0. The van der Waals surface area contributed by atoms with Crippen molar-refractivity contribution >= 4 is 23.6 Å². The summed E-state index contributed by atoms with van der Waals surface area (Å²) in [6.45, 7) is 1.35. The van der Waals surface area contributed by atoms with Gasteiger partial charge in [-0.15, -0.1) is 0 Å². The first-order valence-electron chi connectivity index (χ1n) is 8.18. The zero-order chi connectivity index (χ0) is 17.7. The lowest BCUT2D eigenvalue weighted by Gasteiger charge is -2.27. The highest BCUT2D eigenvalue weighted by atomic mass is 16.5. The van der Waals surface area contributed by atoms with Crippen LogP contribution in [0.2, 0.25) is 0 Å². The maximum Gasteiger partial charge on any atom is 0.266 e. The lowest BCUT2D eigenvalue weighted by molar-refractivity contribution is -0.136. The Labute approximate surface area is 143 Å². The fourth-order valence-electron chi connectivity index (χ4n) is 3.77. The number of carbonyl (C=O) groups excluding carboxylic acids is 4. The largest absolute Gasteiger partial charge is 0.496 e. The van der Waals surface area contributed by atoms with Crippen LogP contribution in [0.3, 0.4) is 0 Å². The number of hydrogen-bond donors (Lipinski definition) is 2. The molecule has 2 N–H and O–H groups in total. The third-order valence-corrected chi connectivity index (χ3v) is 4.96. The van der Waals surface area contributed by atoms with E-state index in [0.29, 0.717) is 12.3 Å². The molecule has 1 aromatic carbocycles.